The normalized spacial score (nSPS) is 24.3. The highest BCUT2D eigenvalue weighted by molar-refractivity contribution is 7.22. The standard InChI is InChI=1S/C75H89N9O19S/c1-45(52(35-76)49-18-19-53(81-61(49)67(92)93)47-34-51-50(12-9-14-54(51)79-36-47)66(91)83-70-82-55-13-6-7-15-57(55)104-70)80-44-74-39-72(2)38-73(3,40-74)42-75(41-72,43-74)101-28-24-78-71(96)100-37-48-33-46(17-20-56(48)102-69-64(90)62(88)63(89)65(103-69)68(94)95)11-10-26-97-29-31-99-32-30-98-27-23-77-58(85)16-5-4-8-25-84-59(86)21-22-60(84)87/h6-7,9,12-15,17-22,33-36,62-65,69,88-90H,4-5,8,10-11,16,23-32,37-44,76H2,1-3H3,(H,77,85)(H,78,96)(H,92,93)(H,94,95)(H,82,83,91)/t62-,63+,64-,65-,69+,72?,73?,74?,75?/m0/s1. The number of allylic oxidation sites excluding steroid dienone is 1. The second kappa shape index (κ2) is 33.7. The molecule has 7 atom stereocenters. The molecule has 104 heavy (non-hydrogen) atoms. The van der Waals surface area contributed by atoms with Crippen LogP contribution < -0.4 is 26.4 Å². The molecule has 6 aliphatic rings. The number of fused-ring (bicyclic) bond motifs is 2. The number of anilines is 1. The molecule has 4 bridgehead atoms. The number of ether oxygens (including phenoxy) is 7. The van der Waals surface area contributed by atoms with Gasteiger partial charge in [0.1, 0.15) is 30.7 Å². The first-order valence-corrected chi connectivity index (χ1v) is 35.8. The van der Waals surface area contributed by atoms with E-state index < -0.39 is 54.3 Å². The molecule has 5 fully saturated rings. The molecule has 0 radical (unpaired) electrons. The summed E-state index contributed by atoms with van der Waals surface area (Å²) in [6, 6.07) is 23.0. The molecule has 5 amide bonds. The SMILES string of the molecule is CC(=NCC12CC3(C)CC(C)(C1)CC(OCCNC(=O)OCc1cc(CCCOCCOCCOCCNC(=O)CCCCCN4C(=O)C=CC4=O)ccc1O[C@@H]1O[C@H](C(=O)O)[C@H](O)[C@H](O)[C@@H]1O)(C3)C2)C(=CN)c1ccc(-c2cnc3cccc(C(=O)Nc4nc5ccccc5s4)c3c2)nc1C(=O)O. The molecule has 12 rings (SSSR count). The fourth-order valence-electron chi connectivity index (χ4n) is 16.1. The summed E-state index contributed by atoms with van der Waals surface area (Å²) in [5.41, 5.74) is 10.0. The van der Waals surface area contributed by atoms with Crippen molar-refractivity contribution in [2.24, 2.45) is 27.0 Å². The van der Waals surface area contributed by atoms with Crippen LogP contribution in [-0.2, 0) is 60.6 Å². The number of hydrogen-bond acceptors (Lipinski definition) is 23. The molecule has 3 aromatic carbocycles. The average Bonchev–Trinajstić information content (AvgIpc) is 0.805. The monoisotopic (exact) mass is 1450 g/mol. The lowest BCUT2D eigenvalue weighted by molar-refractivity contribution is -0.271. The Labute approximate surface area is 604 Å². The molecule has 6 aromatic rings. The maximum absolute atomic E-state index is 13.7. The fraction of sp³-hybridized carbons (Fsp3) is 0.480. The van der Waals surface area contributed by atoms with Crippen LogP contribution in [0.5, 0.6) is 5.75 Å². The van der Waals surface area contributed by atoms with Crippen LogP contribution in [0.15, 0.2) is 108 Å². The third kappa shape index (κ3) is 18.7. The van der Waals surface area contributed by atoms with Gasteiger partial charge in [0, 0.05) is 103 Å². The number of amides is 5. The van der Waals surface area contributed by atoms with Gasteiger partial charge in [0.15, 0.2) is 16.9 Å². The number of nitrogens with zero attached hydrogens (tertiary/aromatic N) is 5. The van der Waals surface area contributed by atoms with E-state index in [1.165, 1.54) is 34.6 Å². The topological polar surface area (TPSA) is 402 Å². The van der Waals surface area contributed by atoms with Crippen LogP contribution in [0.2, 0.25) is 0 Å². The number of carbonyl (C=O) groups is 7. The summed E-state index contributed by atoms with van der Waals surface area (Å²) >= 11 is 1.36. The molecular formula is C75H89N9O19S. The lowest BCUT2D eigenvalue weighted by Crippen LogP contribution is -2.64. The number of aromatic nitrogens is 3. The van der Waals surface area contributed by atoms with Crippen LogP contribution in [-0.4, -0.2) is 201 Å². The molecule has 10 N–H and O–H groups in total. The lowest BCUT2D eigenvalue weighted by atomic mass is 9.39. The van der Waals surface area contributed by atoms with Gasteiger partial charge in [-0.3, -0.25) is 39.4 Å². The van der Waals surface area contributed by atoms with Gasteiger partial charge in [0.25, 0.3) is 17.7 Å². The van der Waals surface area contributed by atoms with Crippen molar-refractivity contribution >= 4 is 90.5 Å². The minimum atomic E-state index is -1.94. The summed E-state index contributed by atoms with van der Waals surface area (Å²) in [5.74, 6) is -3.90. The highest BCUT2D eigenvalue weighted by Crippen LogP contribution is 2.71. The number of benzene rings is 3. The summed E-state index contributed by atoms with van der Waals surface area (Å²) in [4.78, 5) is 108. The number of aryl methyl sites for hydroxylation is 1. The number of rotatable bonds is 36. The van der Waals surface area contributed by atoms with Gasteiger partial charge < -0.3 is 75.1 Å². The second-order valence-electron chi connectivity index (χ2n) is 28.2. The van der Waals surface area contributed by atoms with Crippen LogP contribution in [0.4, 0.5) is 9.93 Å². The zero-order valence-corrected chi connectivity index (χ0v) is 59.2. The summed E-state index contributed by atoms with van der Waals surface area (Å²) in [5, 5.41) is 61.6. The number of carbonyl (C=O) groups excluding carboxylic acids is 5. The van der Waals surface area contributed by atoms with Crippen LogP contribution >= 0.6 is 11.3 Å². The van der Waals surface area contributed by atoms with Gasteiger partial charge in [-0.15, -0.1) is 0 Å². The number of para-hydroxylation sites is 1. The van der Waals surface area contributed by atoms with E-state index in [1.807, 2.05) is 31.2 Å². The first kappa shape index (κ1) is 76.0. The number of unbranched alkanes of at least 4 members (excludes halogenated alkanes) is 2. The van der Waals surface area contributed by atoms with Gasteiger partial charge in [-0.1, -0.05) is 55.9 Å². The Hall–Kier alpha value is -9.17. The van der Waals surface area contributed by atoms with Crippen LogP contribution in [0, 0.1) is 16.2 Å². The number of aliphatic hydroxyl groups excluding tert-OH is 3. The number of aromatic carboxylic acids is 1. The molecule has 2 aliphatic heterocycles. The van der Waals surface area contributed by atoms with E-state index in [2.05, 4.69) is 44.7 Å². The number of imide groups is 1. The van der Waals surface area contributed by atoms with E-state index in [4.69, 9.17) is 43.9 Å². The summed E-state index contributed by atoms with van der Waals surface area (Å²) in [6.45, 7) is 9.44. The predicted octanol–water partition coefficient (Wildman–Crippen LogP) is 7.53. The van der Waals surface area contributed by atoms with Crippen molar-refractivity contribution < 1.29 is 92.3 Å². The summed E-state index contributed by atoms with van der Waals surface area (Å²) in [7, 11) is 0. The van der Waals surface area contributed by atoms with Gasteiger partial charge in [0.2, 0.25) is 12.2 Å². The highest BCUT2D eigenvalue weighted by Gasteiger charge is 2.66. The summed E-state index contributed by atoms with van der Waals surface area (Å²) in [6.07, 6.45) is 3.92. The molecule has 5 heterocycles. The Morgan fingerprint density at radius 2 is 1.47 bits per heavy atom. The molecule has 2 unspecified atom stereocenters. The van der Waals surface area contributed by atoms with E-state index in [1.54, 1.807) is 60.8 Å². The van der Waals surface area contributed by atoms with Crippen molar-refractivity contribution in [1.82, 2.24) is 30.5 Å². The number of nitrogens with one attached hydrogen (secondary N) is 3. The van der Waals surface area contributed by atoms with Crippen LogP contribution in [0.3, 0.4) is 0 Å². The minimum absolute atomic E-state index is 0.0552. The number of pyridine rings is 2. The molecule has 0 spiro atoms. The number of aliphatic hydroxyl groups is 3. The maximum atomic E-state index is 13.7. The van der Waals surface area contributed by atoms with Crippen molar-refractivity contribution in [1.29, 1.82) is 0 Å². The molecule has 1 saturated heterocycles. The van der Waals surface area contributed by atoms with Gasteiger partial charge in [-0.25, -0.2) is 24.4 Å². The number of carboxylic acids is 2. The summed E-state index contributed by atoms with van der Waals surface area (Å²) < 4.78 is 41.9. The Kier molecular flexibility index (Phi) is 24.6. The molecule has 3 aromatic heterocycles. The Balaban J connectivity index is 0.649. The van der Waals surface area contributed by atoms with Crippen molar-refractivity contribution in [3.05, 3.63) is 131 Å². The number of aliphatic imine (C=N–C) groups is 1. The van der Waals surface area contributed by atoms with Crippen LogP contribution in [0.25, 0.3) is 38.0 Å². The number of aliphatic carboxylic acids is 1. The second-order valence-corrected chi connectivity index (χ2v) is 29.2. The number of hydrogen-bond donors (Lipinski definition) is 9. The smallest absolute Gasteiger partial charge is 0.407 e. The number of alkyl carbamates (subject to hydrolysis) is 1. The van der Waals surface area contributed by atoms with Gasteiger partial charge in [0.05, 0.1) is 66.7 Å². The van der Waals surface area contributed by atoms with Crippen molar-refractivity contribution in [3.63, 3.8) is 0 Å². The lowest BCUT2D eigenvalue weighted by Gasteiger charge is -2.69. The van der Waals surface area contributed by atoms with E-state index in [-0.39, 0.29) is 76.6 Å². The zero-order valence-electron chi connectivity index (χ0n) is 58.3. The van der Waals surface area contributed by atoms with Crippen molar-refractivity contribution in [3.8, 4) is 17.0 Å². The third-order valence-electron chi connectivity index (χ3n) is 19.6. The Morgan fingerprint density at radius 3 is 2.20 bits per heavy atom. The average molecular weight is 1450 g/mol. The highest BCUT2D eigenvalue weighted by atomic mass is 32.1. The van der Waals surface area contributed by atoms with E-state index in [0.717, 1.165) is 47.9 Å². The number of carboxylic acid groups (broad SMARTS) is 2. The first-order valence-electron chi connectivity index (χ1n) is 35.0. The first-order chi connectivity index (χ1) is 49.9. The Bertz CT molecular complexity index is 4190. The van der Waals surface area contributed by atoms with Crippen LogP contribution in [0.1, 0.15) is 129 Å². The fourth-order valence-corrected chi connectivity index (χ4v) is 16.9. The molecule has 28 nitrogen and oxygen atoms in total. The van der Waals surface area contributed by atoms with E-state index >= 15 is 0 Å². The van der Waals surface area contributed by atoms with Gasteiger partial charge >= 0.3 is 18.0 Å². The predicted molar refractivity (Wildman–Crippen MR) is 382 cm³/mol. The molecule has 29 heteroatoms. The number of nitrogens with two attached hydrogens (primary N) is 1. The molecule has 554 valence electrons. The van der Waals surface area contributed by atoms with Gasteiger partial charge in [-0.05, 0) is 148 Å². The zero-order chi connectivity index (χ0) is 73.8. The van der Waals surface area contributed by atoms with E-state index in [0.29, 0.717) is 154 Å². The Morgan fingerprint density at radius 1 is 0.750 bits per heavy atom. The van der Waals surface area contributed by atoms with Gasteiger partial charge in [-0.2, -0.15) is 0 Å². The molecule has 4 saturated carbocycles. The van der Waals surface area contributed by atoms with Crippen molar-refractivity contribution in [2.75, 3.05) is 77.7 Å². The molecular weight excluding hydrogens is 1360 g/mol. The largest absolute Gasteiger partial charge is 0.479 e. The third-order valence-corrected chi connectivity index (χ3v) is 20.6. The quantitative estimate of drug-likeness (QED) is 0.0104. The molecule has 4 aliphatic carbocycles. The number of thiazole rings is 1. The minimum Gasteiger partial charge on any atom is -0.479 e. The van der Waals surface area contributed by atoms with E-state index in [9.17, 15) is 59.1 Å². The maximum Gasteiger partial charge on any atom is 0.407 e. The van der Waals surface area contributed by atoms with Crippen molar-refractivity contribution in [2.45, 2.75) is 141 Å².